The van der Waals surface area contributed by atoms with E-state index in [9.17, 15) is 14.4 Å². The number of fused-ring (bicyclic) bond motifs is 2. The Morgan fingerprint density at radius 3 is 2.46 bits per heavy atom. The van der Waals surface area contributed by atoms with Crippen LogP contribution in [-0.2, 0) is 26.9 Å². The van der Waals surface area contributed by atoms with Crippen molar-refractivity contribution in [2.24, 2.45) is 14.1 Å². The average Bonchev–Trinajstić information content (AvgIpc) is 3.66. The molecule has 1 fully saturated rings. The van der Waals surface area contributed by atoms with Gasteiger partial charge in [0.1, 0.15) is 17.5 Å². The summed E-state index contributed by atoms with van der Waals surface area (Å²) in [4.78, 5) is 51.6. The lowest BCUT2D eigenvalue weighted by Gasteiger charge is -2.32. The molecule has 5 aromatic rings. The Hall–Kier alpha value is -5.02. The largest absolute Gasteiger partial charge is 0.481 e. The van der Waals surface area contributed by atoms with E-state index in [0.717, 1.165) is 72.1 Å². The van der Waals surface area contributed by atoms with Crippen molar-refractivity contribution < 1.29 is 14.6 Å². The second-order valence-electron chi connectivity index (χ2n) is 13.1. The van der Waals surface area contributed by atoms with Crippen molar-refractivity contribution in [1.29, 1.82) is 0 Å². The number of hydrogen-bond acceptors (Lipinski definition) is 10. The minimum atomic E-state index is -0.513. The van der Waals surface area contributed by atoms with Gasteiger partial charge >= 0.3 is 11.7 Å². The van der Waals surface area contributed by atoms with Crippen LogP contribution in [0.1, 0.15) is 30.4 Å². The third-order valence-corrected chi connectivity index (χ3v) is 10.6. The first kappa shape index (κ1) is 38.7. The Morgan fingerprint density at radius 1 is 1.00 bits per heavy atom. The van der Waals surface area contributed by atoms with Crippen molar-refractivity contribution in [3.05, 3.63) is 90.8 Å². The molecule has 4 heterocycles. The van der Waals surface area contributed by atoms with Crippen molar-refractivity contribution in [2.45, 2.75) is 38.1 Å². The van der Waals surface area contributed by atoms with Crippen molar-refractivity contribution in [1.82, 2.24) is 39.6 Å². The standard InChI is InChI=1S/C29H24Cl2N6O3.C9H19N3O2/c1-36-26-22(28(38)37(2)29(36)39)25(32-14-33-26)34-20-12-6-10-18(24(20)31)17-9-5-11-19(23(17)30)21-13-15-7-4-8-16(15)27(35-21)40-3;1-10-4-2-8-3-5-12(6-7-13)9(14)11-8/h5-6,9-14H,4,7-8H2,1-3H3,(H,32,33,34);8,10,13H,2-7H2,1H3,(H,11,14). The summed E-state index contributed by atoms with van der Waals surface area (Å²) in [6, 6.07) is 13.5. The zero-order valence-corrected chi connectivity index (χ0v) is 32.1. The van der Waals surface area contributed by atoms with Gasteiger partial charge in [-0.25, -0.2) is 24.5 Å². The molecule has 4 N–H and O–H groups in total. The predicted octanol–water partition coefficient (Wildman–Crippen LogP) is 4.68. The fourth-order valence-electron chi connectivity index (χ4n) is 6.87. The number of aromatic nitrogens is 5. The number of urea groups is 1. The van der Waals surface area contributed by atoms with Crippen LogP contribution in [0.25, 0.3) is 33.4 Å². The zero-order valence-electron chi connectivity index (χ0n) is 30.6. The van der Waals surface area contributed by atoms with E-state index < -0.39 is 11.2 Å². The monoisotopic (exact) mass is 775 g/mol. The summed E-state index contributed by atoms with van der Waals surface area (Å²) in [6.07, 6.45) is 6.23. The molecule has 0 saturated carbocycles. The molecule has 1 unspecified atom stereocenters. The van der Waals surface area contributed by atoms with Crippen LogP contribution in [0.2, 0.25) is 10.0 Å². The number of anilines is 2. The molecule has 1 aliphatic heterocycles. The van der Waals surface area contributed by atoms with Crippen LogP contribution in [0.15, 0.2) is 58.4 Å². The van der Waals surface area contributed by atoms with Gasteiger partial charge < -0.3 is 30.7 Å². The molecule has 1 aliphatic carbocycles. The summed E-state index contributed by atoms with van der Waals surface area (Å²) in [5.74, 6) is 0.867. The molecule has 0 radical (unpaired) electrons. The van der Waals surface area contributed by atoms with E-state index in [4.69, 9.17) is 38.0 Å². The predicted molar refractivity (Wildman–Crippen MR) is 211 cm³/mol. The van der Waals surface area contributed by atoms with Gasteiger partial charge in [-0.2, -0.15) is 0 Å². The molecule has 2 amide bonds. The Labute approximate surface area is 322 Å². The second kappa shape index (κ2) is 17.0. The number of amides is 2. The van der Waals surface area contributed by atoms with Gasteiger partial charge in [0.25, 0.3) is 5.56 Å². The summed E-state index contributed by atoms with van der Waals surface area (Å²) < 4.78 is 7.91. The van der Waals surface area contributed by atoms with Crippen LogP contribution in [0.3, 0.4) is 0 Å². The average molecular weight is 777 g/mol. The number of pyridine rings is 1. The number of carbonyl (C=O) groups excluding carboxylic acids is 1. The van der Waals surface area contributed by atoms with Gasteiger partial charge in [0, 0.05) is 55.5 Å². The number of benzene rings is 2. The van der Waals surface area contributed by atoms with Crippen LogP contribution >= 0.6 is 23.2 Å². The highest BCUT2D eigenvalue weighted by Gasteiger charge is 2.24. The number of nitrogens with zero attached hydrogens (tertiary/aromatic N) is 6. The number of methoxy groups -OCH3 is 1. The van der Waals surface area contributed by atoms with Crippen molar-refractivity contribution in [3.8, 4) is 28.3 Å². The minimum Gasteiger partial charge on any atom is -0.481 e. The van der Waals surface area contributed by atoms with Crippen molar-refractivity contribution in [2.75, 3.05) is 45.7 Å². The Balaban J connectivity index is 0.000000300. The minimum absolute atomic E-state index is 0.0363. The highest BCUT2D eigenvalue weighted by molar-refractivity contribution is 6.39. The van der Waals surface area contributed by atoms with Gasteiger partial charge in [-0.3, -0.25) is 13.9 Å². The molecule has 0 bridgehead atoms. The number of carbonyl (C=O) groups is 1. The molecular weight excluding hydrogens is 733 g/mol. The molecular formula is C38H43Cl2N9O5. The SMILES string of the molecule is CNCCC1CCN(CCO)C(=O)N1.COc1nc(-c2cccc(-c3cccc(Nc4ncnc5c4c(=O)n(C)c(=O)n5C)c3Cl)c2Cl)cc2c1CCC2. The number of aliphatic hydroxyl groups is 1. The third kappa shape index (κ3) is 7.78. The van der Waals surface area contributed by atoms with E-state index in [1.165, 1.54) is 23.5 Å². The smallest absolute Gasteiger partial charge is 0.332 e. The van der Waals surface area contributed by atoms with Crippen molar-refractivity contribution in [3.63, 3.8) is 0 Å². The number of aliphatic hydroxyl groups excluding tert-OH is 1. The van der Waals surface area contributed by atoms with Gasteiger partial charge in [0.15, 0.2) is 5.65 Å². The quantitative estimate of drug-likeness (QED) is 0.156. The van der Waals surface area contributed by atoms with Gasteiger partial charge in [0.05, 0.1) is 35.1 Å². The van der Waals surface area contributed by atoms with E-state index in [1.807, 2.05) is 37.4 Å². The normalized spacial score (nSPS) is 15.1. The molecule has 7 rings (SSSR count). The van der Waals surface area contributed by atoms with Crippen LogP contribution in [0.5, 0.6) is 5.88 Å². The molecule has 54 heavy (non-hydrogen) atoms. The lowest BCUT2D eigenvalue weighted by molar-refractivity contribution is 0.154. The number of β-amino-alcohol motifs (C(OH)–C–C–N with tert-alkyl or cyclic N) is 1. The second-order valence-corrected chi connectivity index (χ2v) is 13.9. The molecule has 3 aromatic heterocycles. The van der Waals surface area contributed by atoms with Gasteiger partial charge in [-0.15, -0.1) is 0 Å². The fourth-order valence-corrected chi connectivity index (χ4v) is 7.47. The molecule has 0 spiro atoms. The summed E-state index contributed by atoms with van der Waals surface area (Å²) in [7, 11) is 6.50. The summed E-state index contributed by atoms with van der Waals surface area (Å²) in [5.41, 5.74) is 5.04. The number of rotatable bonds is 10. The number of nitrogens with one attached hydrogen (secondary N) is 3. The third-order valence-electron chi connectivity index (χ3n) is 9.77. The Bertz CT molecular complexity index is 2310. The molecule has 284 valence electrons. The first-order valence-electron chi connectivity index (χ1n) is 17.7. The summed E-state index contributed by atoms with van der Waals surface area (Å²) in [5, 5.41) is 18.9. The van der Waals surface area contributed by atoms with E-state index in [-0.39, 0.29) is 35.5 Å². The fraction of sp³-hybridized carbons (Fsp3) is 0.368. The highest BCUT2D eigenvalue weighted by Crippen LogP contribution is 2.43. The maximum absolute atomic E-state index is 13.0. The number of hydrogen-bond donors (Lipinski definition) is 4. The van der Waals surface area contributed by atoms with Crippen LogP contribution in [0, 0.1) is 0 Å². The van der Waals surface area contributed by atoms with E-state index in [1.54, 1.807) is 25.1 Å². The van der Waals surface area contributed by atoms with Gasteiger partial charge in [-0.1, -0.05) is 53.5 Å². The summed E-state index contributed by atoms with van der Waals surface area (Å²) in [6.45, 7) is 2.14. The molecule has 1 saturated heterocycles. The molecule has 2 aromatic carbocycles. The van der Waals surface area contributed by atoms with Crippen LogP contribution in [-0.4, -0.2) is 86.6 Å². The van der Waals surface area contributed by atoms with E-state index >= 15 is 0 Å². The first-order valence-corrected chi connectivity index (χ1v) is 18.5. The van der Waals surface area contributed by atoms with E-state index in [0.29, 0.717) is 33.7 Å². The molecule has 16 heteroatoms. The topological polar surface area (TPSA) is 169 Å². The number of aryl methyl sites for hydroxylation is 2. The van der Waals surface area contributed by atoms with Crippen molar-refractivity contribution >= 4 is 51.8 Å². The maximum atomic E-state index is 13.0. The maximum Gasteiger partial charge on any atom is 0.332 e. The first-order chi connectivity index (χ1) is 26.1. The number of halogens is 2. The molecule has 14 nitrogen and oxygen atoms in total. The van der Waals surface area contributed by atoms with Crippen LogP contribution in [0.4, 0.5) is 16.3 Å². The highest BCUT2D eigenvalue weighted by atomic mass is 35.5. The Kier molecular flexibility index (Phi) is 12.2. The van der Waals surface area contributed by atoms with Gasteiger partial charge in [0.2, 0.25) is 5.88 Å². The Morgan fingerprint density at radius 2 is 1.74 bits per heavy atom. The van der Waals surface area contributed by atoms with Crippen LogP contribution < -0.4 is 31.9 Å². The lowest BCUT2D eigenvalue weighted by Crippen LogP contribution is -2.52. The summed E-state index contributed by atoms with van der Waals surface area (Å²) >= 11 is 13.9. The number of ether oxygens (including phenoxy) is 1. The van der Waals surface area contributed by atoms with Gasteiger partial charge in [-0.05, 0) is 63.4 Å². The molecule has 2 aliphatic rings. The van der Waals surface area contributed by atoms with E-state index in [2.05, 4.69) is 32.0 Å². The zero-order chi connectivity index (χ0) is 38.5. The molecule has 1 atom stereocenters. The lowest BCUT2D eigenvalue weighted by atomic mass is 9.99.